The second-order valence-corrected chi connectivity index (χ2v) is 9.40. The zero-order valence-corrected chi connectivity index (χ0v) is 20.9. The Morgan fingerprint density at radius 2 is 1.83 bits per heavy atom. The van der Waals surface area contributed by atoms with Crippen LogP contribution >= 0.6 is 35.0 Å². The number of ether oxygens (including phenoxy) is 2. The van der Waals surface area contributed by atoms with Crippen LogP contribution in [0.15, 0.2) is 65.6 Å². The van der Waals surface area contributed by atoms with Crippen LogP contribution in [0.25, 0.3) is 6.08 Å². The molecular weight excluding hydrogens is 512 g/mol. The van der Waals surface area contributed by atoms with E-state index in [0.717, 1.165) is 28.3 Å². The molecule has 2 amide bonds. The Morgan fingerprint density at radius 1 is 1.00 bits per heavy atom. The predicted molar refractivity (Wildman–Crippen MR) is 136 cm³/mol. The van der Waals surface area contributed by atoms with Gasteiger partial charge >= 0.3 is 0 Å². The third kappa shape index (κ3) is 6.17. The van der Waals surface area contributed by atoms with Crippen LogP contribution in [0.1, 0.15) is 23.6 Å². The van der Waals surface area contributed by atoms with Gasteiger partial charge in [-0.1, -0.05) is 47.5 Å². The van der Waals surface area contributed by atoms with Crippen molar-refractivity contribution < 1.29 is 23.5 Å². The molecule has 3 aromatic rings. The fourth-order valence-corrected chi connectivity index (χ4v) is 4.68. The van der Waals surface area contributed by atoms with Gasteiger partial charge < -0.3 is 9.47 Å². The van der Waals surface area contributed by atoms with Crippen molar-refractivity contribution in [3.63, 3.8) is 0 Å². The summed E-state index contributed by atoms with van der Waals surface area (Å²) >= 11 is 12.9. The van der Waals surface area contributed by atoms with Crippen molar-refractivity contribution in [2.45, 2.75) is 20.1 Å². The van der Waals surface area contributed by atoms with E-state index in [2.05, 4.69) is 0 Å². The Kier molecular flexibility index (Phi) is 8.00. The minimum atomic E-state index is -0.488. The van der Waals surface area contributed by atoms with E-state index in [9.17, 15) is 14.0 Å². The van der Waals surface area contributed by atoms with Crippen LogP contribution in [0.2, 0.25) is 10.0 Å². The van der Waals surface area contributed by atoms with Gasteiger partial charge in [0.2, 0.25) is 0 Å². The summed E-state index contributed by atoms with van der Waals surface area (Å²) < 4.78 is 25.0. The van der Waals surface area contributed by atoms with Crippen LogP contribution < -0.4 is 9.47 Å². The van der Waals surface area contributed by atoms with Gasteiger partial charge in [-0.15, -0.1) is 0 Å². The summed E-state index contributed by atoms with van der Waals surface area (Å²) in [4.78, 5) is 26.7. The van der Waals surface area contributed by atoms with E-state index < -0.39 is 17.0 Å². The van der Waals surface area contributed by atoms with Gasteiger partial charge in [0.25, 0.3) is 11.1 Å². The molecule has 1 saturated heterocycles. The molecule has 0 N–H and O–H groups in total. The van der Waals surface area contributed by atoms with Crippen molar-refractivity contribution in [3.05, 3.63) is 98.1 Å². The number of amides is 2. The molecule has 3 aromatic carbocycles. The lowest BCUT2D eigenvalue weighted by Gasteiger charge is -2.14. The topological polar surface area (TPSA) is 55.8 Å². The smallest absolute Gasteiger partial charge is 0.293 e. The first-order chi connectivity index (χ1) is 16.8. The zero-order chi connectivity index (χ0) is 24.9. The van der Waals surface area contributed by atoms with Gasteiger partial charge in [0.1, 0.15) is 12.4 Å². The van der Waals surface area contributed by atoms with Crippen LogP contribution in [-0.2, 0) is 17.9 Å². The second kappa shape index (κ2) is 11.2. The molecule has 0 unspecified atom stereocenters. The molecule has 0 aliphatic carbocycles. The number of hydrogen-bond acceptors (Lipinski definition) is 5. The molecule has 1 heterocycles. The lowest BCUT2D eigenvalue weighted by molar-refractivity contribution is -0.123. The number of benzene rings is 3. The summed E-state index contributed by atoms with van der Waals surface area (Å²) in [5, 5.41) is 0.359. The highest BCUT2D eigenvalue weighted by atomic mass is 35.5. The molecule has 1 fully saturated rings. The minimum Gasteiger partial charge on any atom is -0.490 e. The van der Waals surface area contributed by atoms with Crippen molar-refractivity contribution in [2.24, 2.45) is 0 Å². The summed E-state index contributed by atoms with van der Waals surface area (Å²) in [6.45, 7) is 2.55. The molecular formula is C26H20Cl2FNO4S. The number of carbonyl (C=O) groups excluding carboxylic acids is 2. The SMILES string of the molecule is CCOc1cc(/C=C2\SC(=O)N(Cc3ccc(F)cc3Cl)C2=O)ccc1OCc1cccc(Cl)c1. The van der Waals surface area contributed by atoms with Crippen LogP contribution in [-0.4, -0.2) is 22.7 Å². The summed E-state index contributed by atoms with van der Waals surface area (Å²) in [6.07, 6.45) is 1.63. The summed E-state index contributed by atoms with van der Waals surface area (Å²) in [5.74, 6) is 0.126. The van der Waals surface area contributed by atoms with E-state index in [-0.39, 0.29) is 16.5 Å². The first-order valence-electron chi connectivity index (χ1n) is 10.7. The molecule has 0 saturated carbocycles. The minimum absolute atomic E-state index is 0.0401. The van der Waals surface area contributed by atoms with E-state index in [1.807, 2.05) is 25.1 Å². The molecule has 1 aliphatic rings. The van der Waals surface area contributed by atoms with E-state index in [1.165, 1.54) is 12.1 Å². The van der Waals surface area contributed by atoms with E-state index in [4.69, 9.17) is 32.7 Å². The molecule has 0 radical (unpaired) electrons. The standard InChI is InChI=1S/C26H20Cl2FNO4S/c1-2-33-23-11-16(6-9-22(23)34-15-17-4-3-5-19(27)10-17)12-24-25(31)30(26(32)35-24)14-18-7-8-20(29)13-21(18)28/h3-13H,2,14-15H2,1H3/b24-12-. The fourth-order valence-electron chi connectivity index (χ4n) is 3.40. The molecule has 9 heteroatoms. The summed E-state index contributed by atoms with van der Waals surface area (Å²) in [5.41, 5.74) is 2.07. The zero-order valence-electron chi connectivity index (χ0n) is 18.6. The van der Waals surface area contributed by atoms with Crippen molar-refractivity contribution in [1.29, 1.82) is 0 Å². The average Bonchev–Trinajstić information content (AvgIpc) is 3.08. The molecule has 0 bridgehead atoms. The maximum Gasteiger partial charge on any atom is 0.293 e. The predicted octanol–water partition coefficient (Wildman–Crippen LogP) is 7.35. The number of imide groups is 1. The molecule has 0 aromatic heterocycles. The Bertz CT molecular complexity index is 1310. The highest BCUT2D eigenvalue weighted by Crippen LogP contribution is 2.36. The normalized spacial score (nSPS) is 14.6. The lowest BCUT2D eigenvalue weighted by atomic mass is 10.1. The van der Waals surface area contributed by atoms with Gasteiger partial charge in [-0.05, 0) is 77.9 Å². The number of rotatable bonds is 8. The summed E-state index contributed by atoms with van der Waals surface area (Å²) in [6, 6.07) is 16.5. The number of carbonyl (C=O) groups is 2. The second-order valence-electron chi connectivity index (χ2n) is 7.56. The fraction of sp³-hybridized carbons (Fsp3) is 0.154. The number of hydrogen-bond donors (Lipinski definition) is 0. The van der Waals surface area contributed by atoms with Gasteiger partial charge in [0.05, 0.1) is 18.1 Å². The van der Waals surface area contributed by atoms with Gasteiger partial charge in [-0.3, -0.25) is 14.5 Å². The Morgan fingerprint density at radius 3 is 2.57 bits per heavy atom. The molecule has 4 rings (SSSR count). The molecule has 0 atom stereocenters. The first kappa shape index (κ1) is 25.1. The highest BCUT2D eigenvalue weighted by Gasteiger charge is 2.35. The molecule has 1 aliphatic heterocycles. The number of halogens is 3. The largest absolute Gasteiger partial charge is 0.490 e. The maximum absolute atomic E-state index is 13.3. The van der Waals surface area contributed by atoms with Crippen molar-refractivity contribution in [2.75, 3.05) is 6.61 Å². The Hall–Kier alpha value is -3.00. The first-order valence-corrected chi connectivity index (χ1v) is 12.2. The van der Waals surface area contributed by atoms with Crippen molar-refractivity contribution in [3.8, 4) is 11.5 Å². The van der Waals surface area contributed by atoms with Gasteiger partial charge in [0.15, 0.2) is 11.5 Å². The molecule has 5 nitrogen and oxygen atoms in total. The highest BCUT2D eigenvalue weighted by molar-refractivity contribution is 8.18. The van der Waals surface area contributed by atoms with Crippen LogP contribution in [0.5, 0.6) is 11.5 Å². The molecule has 0 spiro atoms. The van der Waals surface area contributed by atoms with Crippen molar-refractivity contribution in [1.82, 2.24) is 4.90 Å². The van der Waals surface area contributed by atoms with Crippen LogP contribution in [0.4, 0.5) is 9.18 Å². The third-order valence-electron chi connectivity index (χ3n) is 5.07. The lowest BCUT2D eigenvalue weighted by Crippen LogP contribution is -2.27. The van der Waals surface area contributed by atoms with Gasteiger partial charge in [0, 0.05) is 10.0 Å². The van der Waals surface area contributed by atoms with Gasteiger partial charge in [-0.2, -0.15) is 0 Å². The van der Waals surface area contributed by atoms with Crippen LogP contribution in [0.3, 0.4) is 0 Å². The average molecular weight is 532 g/mol. The van der Waals surface area contributed by atoms with Crippen molar-refractivity contribution >= 4 is 52.2 Å². The van der Waals surface area contributed by atoms with Gasteiger partial charge in [-0.25, -0.2) is 4.39 Å². The molecule has 35 heavy (non-hydrogen) atoms. The van der Waals surface area contributed by atoms with E-state index in [1.54, 1.807) is 30.3 Å². The van der Waals surface area contributed by atoms with E-state index >= 15 is 0 Å². The molecule has 180 valence electrons. The Balaban J connectivity index is 1.51. The quantitative estimate of drug-likeness (QED) is 0.284. The number of thioether (sulfide) groups is 1. The number of nitrogens with zero attached hydrogens (tertiary/aromatic N) is 1. The monoisotopic (exact) mass is 531 g/mol. The maximum atomic E-state index is 13.3. The van der Waals surface area contributed by atoms with Crippen LogP contribution in [0, 0.1) is 5.82 Å². The Labute approximate surface area is 216 Å². The summed E-state index contributed by atoms with van der Waals surface area (Å²) in [7, 11) is 0. The third-order valence-corrected chi connectivity index (χ3v) is 6.56. The van der Waals surface area contributed by atoms with E-state index in [0.29, 0.717) is 40.9 Å².